The van der Waals surface area contributed by atoms with E-state index in [4.69, 9.17) is 11.6 Å². The standard InChI is InChI=1S/C15H24ClN/c1-11(2)6-5-7-15(17-4)13-9-8-12(3)14(16)10-13/h8-11,15,17H,5-7H2,1-4H3. The highest BCUT2D eigenvalue weighted by Gasteiger charge is 2.10. The van der Waals surface area contributed by atoms with E-state index in [9.17, 15) is 0 Å². The summed E-state index contributed by atoms with van der Waals surface area (Å²) in [4.78, 5) is 0. The average Bonchev–Trinajstić information content (AvgIpc) is 2.28. The summed E-state index contributed by atoms with van der Waals surface area (Å²) >= 11 is 6.17. The van der Waals surface area contributed by atoms with E-state index in [2.05, 4.69) is 37.4 Å². The predicted octanol–water partition coefficient (Wildman–Crippen LogP) is 4.74. The maximum Gasteiger partial charge on any atom is 0.0438 e. The molecule has 17 heavy (non-hydrogen) atoms. The first-order chi connectivity index (χ1) is 8.04. The number of hydrogen-bond acceptors (Lipinski definition) is 1. The largest absolute Gasteiger partial charge is 0.313 e. The predicted molar refractivity (Wildman–Crippen MR) is 76.7 cm³/mol. The first-order valence-electron chi connectivity index (χ1n) is 6.48. The fourth-order valence-electron chi connectivity index (χ4n) is 2.03. The first kappa shape index (κ1) is 14.5. The van der Waals surface area contributed by atoms with Gasteiger partial charge in [0.05, 0.1) is 0 Å². The van der Waals surface area contributed by atoms with Crippen molar-refractivity contribution in [2.45, 2.75) is 46.1 Å². The van der Waals surface area contributed by atoms with E-state index >= 15 is 0 Å². The van der Waals surface area contributed by atoms with Gasteiger partial charge >= 0.3 is 0 Å². The zero-order valence-electron chi connectivity index (χ0n) is 11.4. The lowest BCUT2D eigenvalue weighted by Gasteiger charge is -2.18. The Morgan fingerprint density at radius 2 is 1.94 bits per heavy atom. The van der Waals surface area contributed by atoms with Gasteiger partial charge in [0.2, 0.25) is 0 Å². The van der Waals surface area contributed by atoms with Gasteiger partial charge in [0.25, 0.3) is 0 Å². The first-order valence-corrected chi connectivity index (χ1v) is 6.85. The van der Waals surface area contributed by atoms with Crippen molar-refractivity contribution in [3.63, 3.8) is 0 Å². The summed E-state index contributed by atoms with van der Waals surface area (Å²) in [7, 11) is 2.02. The summed E-state index contributed by atoms with van der Waals surface area (Å²) in [5.41, 5.74) is 2.44. The third-order valence-corrected chi connectivity index (χ3v) is 3.63. The molecule has 1 N–H and O–H groups in total. The minimum atomic E-state index is 0.423. The van der Waals surface area contributed by atoms with Crippen LogP contribution in [0.1, 0.15) is 50.3 Å². The SMILES string of the molecule is CNC(CCCC(C)C)c1ccc(C)c(Cl)c1. The molecule has 0 aliphatic heterocycles. The number of halogens is 1. The van der Waals surface area contributed by atoms with Crippen molar-refractivity contribution < 1.29 is 0 Å². The van der Waals surface area contributed by atoms with Gasteiger partial charge in [0.15, 0.2) is 0 Å². The normalized spacial score (nSPS) is 13.1. The van der Waals surface area contributed by atoms with Gasteiger partial charge in [0.1, 0.15) is 0 Å². The lowest BCUT2D eigenvalue weighted by atomic mass is 9.97. The second kappa shape index (κ2) is 7.03. The highest BCUT2D eigenvalue weighted by molar-refractivity contribution is 6.31. The molecule has 2 heteroatoms. The van der Waals surface area contributed by atoms with Crippen LogP contribution >= 0.6 is 11.6 Å². The molecule has 0 spiro atoms. The lowest BCUT2D eigenvalue weighted by Crippen LogP contribution is -2.16. The molecule has 0 fully saturated rings. The van der Waals surface area contributed by atoms with Gasteiger partial charge in [-0.05, 0) is 43.5 Å². The fraction of sp³-hybridized carbons (Fsp3) is 0.600. The number of rotatable bonds is 6. The molecular formula is C15H24ClN. The molecule has 0 amide bonds. The molecule has 1 nitrogen and oxygen atoms in total. The molecule has 96 valence electrons. The van der Waals surface area contributed by atoms with Gasteiger partial charge in [-0.25, -0.2) is 0 Å². The molecule has 0 saturated carbocycles. The summed E-state index contributed by atoms with van der Waals surface area (Å²) in [6.07, 6.45) is 3.72. The molecular weight excluding hydrogens is 230 g/mol. The second-order valence-corrected chi connectivity index (χ2v) is 5.58. The highest BCUT2D eigenvalue weighted by atomic mass is 35.5. The van der Waals surface area contributed by atoms with Crippen LogP contribution in [0.15, 0.2) is 18.2 Å². The van der Waals surface area contributed by atoms with Crippen LogP contribution in [0, 0.1) is 12.8 Å². The van der Waals surface area contributed by atoms with E-state index in [1.54, 1.807) is 0 Å². The summed E-state index contributed by atoms with van der Waals surface area (Å²) in [6, 6.07) is 6.79. The number of nitrogens with one attached hydrogen (secondary N) is 1. The third-order valence-electron chi connectivity index (χ3n) is 3.22. The van der Waals surface area contributed by atoms with Crippen LogP contribution in [0.2, 0.25) is 5.02 Å². The van der Waals surface area contributed by atoms with Crippen LogP contribution in [-0.2, 0) is 0 Å². The Morgan fingerprint density at radius 1 is 1.24 bits per heavy atom. The van der Waals surface area contributed by atoms with Gasteiger partial charge in [-0.1, -0.05) is 50.4 Å². The minimum absolute atomic E-state index is 0.423. The minimum Gasteiger partial charge on any atom is -0.313 e. The van der Waals surface area contributed by atoms with Crippen molar-refractivity contribution in [2.75, 3.05) is 7.05 Å². The molecule has 0 radical (unpaired) electrons. The highest BCUT2D eigenvalue weighted by Crippen LogP contribution is 2.25. The summed E-state index contributed by atoms with van der Waals surface area (Å²) in [5.74, 6) is 0.786. The Bertz CT molecular complexity index is 347. The van der Waals surface area contributed by atoms with Crippen molar-refractivity contribution in [1.82, 2.24) is 5.32 Å². The van der Waals surface area contributed by atoms with Crippen LogP contribution in [-0.4, -0.2) is 7.05 Å². The smallest absolute Gasteiger partial charge is 0.0438 e. The monoisotopic (exact) mass is 253 g/mol. The zero-order chi connectivity index (χ0) is 12.8. The van der Waals surface area contributed by atoms with Crippen molar-refractivity contribution in [1.29, 1.82) is 0 Å². The van der Waals surface area contributed by atoms with Crippen LogP contribution < -0.4 is 5.32 Å². The average molecular weight is 254 g/mol. The molecule has 1 aromatic rings. The van der Waals surface area contributed by atoms with Crippen molar-refractivity contribution >= 4 is 11.6 Å². The van der Waals surface area contributed by atoms with E-state index in [0.29, 0.717) is 6.04 Å². The molecule has 0 aromatic heterocycles. The van der Waals surface area contributed by atoms with Gasteiger partial charge in [-0.2, -0.15) is 0 Å². The number of aryl methyl sites for hydroxylation is 1. The Kier molecular flexibility index (Phi) is 6.01. The van der Waals surface area contributed by atoms with Gasteiger partial charge in [-0.15, -0.1) is 0 Å². The van der Waals surface area contributed by atoms with Crippen LogP contribution in [0.25, 0.3) is 0 Å². The number of benzene rings is 1. The maximum atomic E-state index is 6.17. The third kappa shape index (κ3) is 4.69. The van der Waals surface area contributed by atoms with Crippen LogP contribution in [0.4, 0.5) is 0 Å². The molecule has 1 unspecified atom stereocenters. The van der Waals surface area contributed by atoms with E-state index in [1.807, 2.05) is 14.0 Å². The molecule has 0 aliphatic rings. The Morgan fingerprint density at radius 3 is 2.47 bits per heavy atom. The van der Waals surface area contributed by atoms with Crippen molar-refractivity contribution in [3.8, 4) is 0 Å². The van der Waals surface area contributed by atoms with E-state index in [-0.39, 0.29) is 0 Å². The molecule has 1 atom stereocenters. The van der Waals surface area contributed by atoms with E-state index < -0.39 is 0 Å². The fourth-order valence-corrected chi connectivity index (χ4v) is 2.22. The molecule has 0 saturated heterocycles. The van der Waals surface area contributed by atoms with Crippen molar-refractivity contribution in [3.05, 3.63) is 34.3 Å². The molecule has 0 aliphatic carbocycles. The van der Waals surface area contributed by atoms with Crippen molar-refractivity contribution in [2.24, 2.45) is 5.92 Å². The van der Waals surface area contributed by atoms with Gasteiger partial charge in [-0.3, -0.25) is 0 Å². The summed E-state index contributed by atoms with van der Waals surface area (Å²) < 4.78 is 0. The Balaban J connectivity index is 2.62. The number of hydrogen-bond donors (Lipinski definition) is 1. The Labute approximate surface area is 111 Å². The molecule has 0 bridgehead atoms. The van der Waals surface area contributed by atoms with Crippen LogP contribution in [0.5, 0.6) is 0 Å². The Hall–Kier alpha value is -0.530. The quantitative estimate of drug-likeness (QED) is 0.773. The second-order valence-electron chi connectivity index (χ2n) is 5.17. The molecule has 1 rings (SSSR count). The summed E-state index contributed by atoms with van der Waals surface area (Å²) in [5, 5.41) is 4.25. The molecule has 0 heterocycles. The van der Waals surface area contributed by atoms with E-state index in [1.165, 1.54) is 24.8 Å². The maximum absolute atomic E-state index is 6.17. The van der Waals surface area contributed by atoms with E-state index in [0.717, 1.165) is 16.5 Å². The molecule has 1 aromatic carbocycles. The van der Waals surface area contributed by atoms with Crippen LogP contribution in [0.3, 0.4) is 0 Å². The van der Waals surface area contributed by atoms with Gasteiger partial charge in [0, 0.05) is 11.1 Å². The topological polar surface area (TPSA) is 12.0 Å². The van der Waals surface area contributed by atoms with Gasteiger partial charge < -0.3 is 5.32 Å². The lowest BCUT2D eigenvalue weighted by molar-refractivity contribution is 0.470. The summed E-state index contributed by atoms with van der Waals surface area (Å²) in [6.45, 7) is 6.59. The zero-order valence-corrected chi connectivity index (χ0v) is 12.1.